The summed E-state index contributed by atoms with van der Waals surface area (Å²) in [5, 5.41) is 2.95. The number of amides is 1. The second-order valence-corrected chi connectivity index (χ2v) is 9.27. The number of imidazole rings is 2. The number of nitrogens with one attached hydrogen (secondary N) is 2. The molecule has 1 amide bonds. The lowest BCUT2D eigenvalue weighted by molar-refractivity contribution is -0.121. The van der Waals surface area contributed by atoms with Gasteiger partial charge in [-0.25, -0.2) is 14.8 Å². The average molecular weight is 480 g/mol. The summed E-state index contributed by atoms with van der Waals surface area (Å²) in [6, 6.07) is 5.83. The fourth-order valence-corrected chi connectivity index (χ4v) is 4.25. The van der Waals surface area contributed by atoms with Crippen molar-refractivity contribution in [3.63, 3.8) is 0 Å². The van der Waals surface area contributed by atoms with E-state index in [1.54, 1.807) is 0 Å². The molecular weight excluding hydrogens is 446 g/mol. The van der Waals surface area contributed by atoms with Gasteiger partial charge in [-0.3, -0.25) is 19.1 Å². The number of carbonyl (C=O) groups excluding carboxylic acids is 1. The Kier molecular flexibility index (Phi) is 7.48. The molecule has 2 N–H and O–H groups in total. The molecule has 0 unspecified atom stereocenters. The van der Waals surface area contributed by atoms with E-state index < -0.39 is 11.2 Å². The van der Waals surface area contributed by atoms with Crippen molar-refractivity contribution in [3.8, 4) is 0 Å². The Labute approximate surface area is 203 Å². The lowest BCUT2D eigenvalue weighted by Gasteiger charge is -2.11. The minimum absolute atomic E-state index is 0.0887. The van der Waals surface area contributed by atoms with Gasteiger partial charge < -0.3 is 14.3 Å². The number of aryl methyl sites for hydroxylation is 2. The van der Waals surface area contributed by atoms with Crippen LogP contribution >= 0.6 is 0 Å². The number of carbonyl (C=O) groups is 1. The number of hydrogen-bond acceptors (Lipinski definition) is 5. The zero-order valence-electron chi connectivity index (χ0n) is 20.6. The maximum atomic E-state index is 12.7. The van der Waals surface area contributed by atoms with Gasteiger partial charge in [0.15, 0.2) is 11.2 Å². The largest absolute Gasteiger partial charge is 0.356 e. The van der Waals surface area contributed by atoms with Crippen molar-refractivity contribution in [2.24, 2.45) is 5.92 Å². The molecule has 0 aliphatic carbocycles. The average Bonchev–Trinajstić information content (AvgIpc) is 3.38. The fourth-order valence-electron chi connectivity index (χ4n) is 4.25. The predicted octanol–water partition coefficient (Wildman–Crippen LogP) is 2.28. The summed E-state index contributed by atoms with van der Waals surface area (Å²) in [5.74, 6) is 0.820. The first kappa shape index (κ1) is 24.4. The number of rotatable bonds is 11. The summed E-state index contributed by atoms with van der Waals surface area (Å²) in [6.07, 6.45) is 6.89. The van der Waals surface area contributed by atoms with Crippen LogP contribution in [0.25, 0.3) is 16.8 Å². The number of pyridine rings is 1. The second-order valence-electron chi connectivity index (χ2n) is 9.27. The number of H-pyrrole nitrogens is 1. The molecular formula is C25H33N7O3. The Bertz CT molecular complexity index is 1410. The Morgan fingerprint density at radius 2 is 1.97 bits per heavy atom. The van der Waals surface area contributed by atoms with Crippen molar-refractivity contribution in [2.75, 3.05) is 6.54 Å². The number of aromatic amines is 1. The van der Waals surface area contributed by atoms with Gasteiger partial charge in [-0.2, -0.15) is 0 Å². The molecule has 0 aromatic carbocycles. The Balaban J connectivity index is 1.47. The molecule has 4 aromatic heterocycles. The lowest BCUT2D eigenvalue weighted by Crippen LogP contribution is -2.31. The molecule has 10 heteroatoms. The minimum atomic E-state index is -0.443. The Hall–Kier alpha value is -3.69. The third kappa shape index (κ3) is 5.52. The van der Waals surface area contributed by atoms with Gasteiger partial charge in [-0.1, -0.05) is 33.3 Å². The van der Waals surface area contributed by atoms with Crippen LogP contribution in [0.1, 0.15) is 51.6 Å². The molecule has 4 rings (SSSR count). The van der Waals surface area contributed by atoms with Crippen molar-refractivity contribution >= 4 is 22.7 Å². The van der Waals surface area contributed by atoms with Crippen LogP contribution in [-0.4, -0.2) is 40.9 Å². The summed E-state index contributed by atoms with van der Waals surface area (Å²) >= 11 is 0. The predicted molar refractivity (Wildman–Crippen MR) is 135 cm³/mol. The zero-order valence-corrected chi connectivity index (χ0v) is 20.6. The standard InChI is InChI=1S/C25H33N7O3/c1-4-5-14-31-23-22(24(34)29-25(31)35)32(15-17(2)3)20(28-23)9-10-21(33)26-12-11-18-16-30-13-7-6-8-19(30)27-18/h6-8,13,16-17H,4-5,9-12,14-15H2,1-3H3,(H,26,33)(H,29,34,35). The molecule has 186 valence electrons. The van der Waals surface area contributed by atoms with Gasteiger partial charge in [-0.15, -0.1) is 0 Å². The van der Waals surface area contributed by atoms with Crippen LogP contribution in [0, 0.1) is 5.92 Å². The normalized spacial score (nSPS) is 11.7. The maximum absolute atomic E-state index is 12.7. The first-order valence-electron chi connectivity index (χ1n) is 12.3. The highest BCUT2D eigenvalue weighted by molar-refractivity contribution is 5.76. The highest BCUT2D eigenvalue weighted by Gasteiger charge is 2.19. The maximum Gasteiger partial charge on any atom is 0.330 e. The van der Waals surface area contributed by atoms with Gasteiger partial charge in [-0.05, 0) is 24.5 Å². The molecule has 0 fully saturated rings. The Morgan fingerprint density at radius 3 is 2.71 bits per heavy atom. The number of unbranched alkanes of at least 4 members (excludes halogenated alkanes) is 1. The van der Waals surface area contributed by atoms with E-state index in [0.717, 1.165) is 24.2 Å². The van der Waals surface area contributed by atoms with Gasteiger partial charge >= 0.3 is 5.69 Å². The molecule has 4 heterocycles. The number of hydrogen-bond donors (Lipinski definition) is 2. The van der Waals surface area contributed by atoms with Gasteiger partial charge in [0.2, 0.25) is 5.91 Å². The van der Waals surface area contributed by atoms with E-state index in [9.17, 15) is 14.4 Å². The number of aromatic nitrogens is 6. The fraction of sp³-hybridized carbons (Fsp3) is 0.480. The highest BCUT2D eigenvalue weighted by Crippen LogP contribution is 2.16. The molecule has 10 nitrogen and oxygen atoms in total. The van der Waals surface area contributed by atoms with E-state index in [-0.39, 0.29) is 18.2 Å². The van der Waals surface area contributed by atoms with E-state index in [1.165, 1.54) is 4.57 Å². The molecule has 0 atom stereocenters. The van der Waals surface area contributed by atoms with Crippen molar-refractivity contribution in [2.45, 2.75) is 66.0 Å². The number of fused-ring (bicyclic) bond motifs is 2. The molecule has 0 saturated heterocycles. The number of nitrogens with zero attached hydrogens (tertiary/aromatic N) is 5. The molecule has 0 saturated carbocycles. The topological polar surface area (TPSA) is 119 Å². The van der Waals surface area contributed by atoms with Gasteiger partial charge in [0.05, 0.1) is 5.69 Å². The second kappa shape index (κ2) is 10.7. The third-order valence-electron chi connectivity index (χ3n) is 5.94. The monoisotopic (exact) mass is 479 g/mol. The van der Waals surface area contributed by atoms with Crippen molar-refractivity contribution < 1.29 is 4.79 Å². The van der Waals surface area contributed by atoms with Crippen molar-refractivity contribution in [3.05, 3.63) is 62.9 Å². The minimum Gasteiger partial charge on any atom is -0.356 e. The SMILES string of the molecule is CCCCn1c(=O)[nH]c(=O)c2c1nc(CCC(=O)NCCc1cn3ccccc3n1)n2CC(C)C. The van der Waals surface area contributed by atoms with Crippen molar-refractivity contribution in [1.29, 1.82) is 0 Å². The summed E-state index contributed by atoms with van der Waals surface area (Å²) in [7, 11) is 0. The van der Waals surface area contributed by atoms with E-state index >= 15 is 0 Å². The zero-order chi connectivity index (χ0) is 24.9. The molecule has 0 bridgehead atoms. The smallest absolute Gasteiger partial charge is 0.330 e. The first-order valence-corrected chi connectivity index (χ1v) is 12.3. The summed E-state index contributed by atoms with van der Waals surface area (Å²) in [5.41, 5.74) is 1.71. The lowest BCUT2D eigenvalue weighted by atomic mass is 10.2. The van der Waals surface area contributed by atoms with Crippen LogP contribution in [-0.2, 0) is 30.7 Å². The van der Waals surface area contributed by atoms with Crippen LogP contribution in [0.2, 0.25) is 0 Å². The summed E-state index contributed by atoms with van der Waals surface area (Å²) in [4.78, 5) is 49.4. The van der Waals surface area contributed by atoms with Crippen LogP contribution in [0.15, 0.2) is 40.2 Å². The first-order chi connectivity index (χ1) is 16.9. The quantitative estimate of drug-likeness (QED) is 0.342. The molecule has 0 aliphatic heterocycles. The van der Waals surface area contributed by atoms with Crippen LogP contribution in [0.3, 0.4) is 0 Å². The Morgan fingerprint density at radius 1 is 1.14 bits per heavy atom. The van der Waals surface area contributed by atoms with E-state index in [0.29, 0.717) is 49.5 Å². The summed E-state index contributed by atoms with van der Waals surface area (Å²) < 4.78 is 5.36. The summed E-state index contributed by atoms with van der Waals surface area (Å²) in [6.45, 7) is 7.72. The molecule has 0 radical (unpaired) electrons. The van der Waals surface area contributed by atoms with Crippen LogP contribution in [0.4, 0.5) is 0 Å². The van der Waals surface area contributed by atoms with Gasteiger partial charge in [0, 0.05) is 51.3 Å². The highest BCUT2D eigenvalue weighted by atomic mass is 16.2. The van der Waals surface area contributed by atoms with Crippen LogP contribution < -0.4 is 16.6 Å². The molecule has 4 aromatic rings. The van der Waals surface area contributed by atoms with E-state index in [1.807, 2.05) is 46.5 Å². The molecule has 0 spiro atoms. The third-order valence-corrected chi connectivity index (χ3v) is 5.94. The van der Waals surface area contributed by atoms with E-state index in [2.05, 4.69) is 34.1 Å². The van der Waals surface area contributed by atoms with Gasteiger partial charge in [0.25, 0.3) is 5.56 Å². The van der Waals surface area contributed by atoms with Crippen LogP contribution in [0.5, 0.6) is 0 Å². The van der Waals surface area contributed by atoms with E-state index in [4.69, 9.17) is 0 Å². The van der Waals surface area contributed by atoms with Crippen molar-refractivity contribution in [1.82, 2.24) is 33.8 Å². The van der Waals surface area contributed by atoms with Gasteiger partial charge in [0.1, 0.15) is 11.5 Å². The molecule has 0 aliphatic rings. The molecule has 35 heavy (non-hydrogen) atoms.